The van der Waals surface area contributed by atoms with Gasteiger partial charge in [-0.3, -0.25) is 19.2 Å². The lowest BCUT2D eigenvalue weighted by Gasteiger charge is -2.71. The molecule has 4 aliphatic rings. The molecule has 4 aromatic rings. The molecule has 4 nitrogen and oxygen atoms in total. The Kier molecular flexibility index (Phi) is 6.93. The maximum atomic E-state index is 12.3. The van der Waals surface area contributed by atoms with Gasteiger partial charge in [-0.2, -0.15) is 0 Å². The first-order valence-electron chi connectivity index (χ1n) is 16.3. The monoisotopic (exact) mass is 608 g/mol. The van der Waals surface area contributed by atoms with Crippen LogP contribution in [-0.2, 0) is 21.7 Å². The normalized spacial score (nSPS) is 27.7. The maximum absolute atomic E-state index is 12.3. The van der Waals surface area contributed by atoms with Crippen LogP contribution in [0.2, 0.25) is 0 Å². The predicted octanol–water partition coefficient (Wildman–Crippen LogP) is 8.93. The summed E-state index contributed by atoms with van der Waals surface area (Å²) >= 11 is 0. The Balaban J connectivity index is 1.48. The molecule has 4 saturated carbocycles. The fourth-order valence-corrected chi connectivity index (χ4v) is 10.1. The predicted molar refractivity (Wildman–Crippen MR) is 180 cm³/mol. The van der Waals surface area contributed by atoms with Gasteiger partial charge in [-0.1, -0.05) is 97.1 Å². The number of Topliss-reactive ketones (excluding diaryl/α,β-unsaturated/α-hetero) is 4. The molecule has 4 bridgehead atoms. The quantitative estimate of drug-likeness (QED) is 0.187. The van der Waals surface area contributed by atoms with Crippen LogP contribution in [-0.4, -0.2) is 23.1 Å². The van der Waals surface area contributed by atoms with E-state index in [1.807, 2.05) is 48.5 Å². The van der Waals surface area contributed by atoms with Crippen LogP contribution in [0.4, 0.5) is 0 Å². The summed E-state index contributed by atoms with van der Waals surface area (Å²) in [6.07, 6.45) is 5.83. The number of carbonyl (C=O) groups excluding carboxylic acids is 4. The molecule has 0 N–H and O–H groups in total. The van der Waals surface area contributed by atoms with Gasteiger partial charge < -0.3 is 0 Å². The van der Waals surface area contributed by atoms with Crippen molar-refractivity contribution in [1.82, 2.24) is 0 Å². The molecule has 0 atom stereocenters. The molecule has 232 valence electrons. The number of rotatable bonds is 8. The summed E-state index contributed by atoms with van der Waals surface area (Å²) in [7, 11) is 0. The summed E-state index contributed by atoms with van der Waals surface area (Å²) in [5, 5.41) is 0. The van der Waals surface area contributed by atoms with Crippen molar-refractivity contribution < 1.29 is 19.2 Å². The first-order chi connectivity index (χ1) is 21.9. The third kappa shape index (κ3) is 4.73. The highest BCUT2D eigenvalue weighted by Gasteiger charge is 2.69. The van der Waals surface area contributed by atoms with E-state index in [0.29, 0.717) is 22.3 Å². The van der Waals surface area contributed by atoms with Gasteiger partial charge in [-0.15, -0.1) is 0 Å². The molecular weight excluding hydrogens is 568 g/mol. The molecule has 4 fully saturated rings. The van der Waals surface area contributed by atoms with Crippen molar-refractivity contribution in [2.75, 3.05) is 0 Å². The van der Waals surface area contributed by atoms with Gasteiger partial charge in [0.15, 0.2) is 23.1 Å². The lowest BCUT2D eigenvalue weighted by atomic mass is 9.32. The SMILES string of the molecule is CC(=O)c1ccc(C23CC4(c5ccc(C(C)=O)cc5)CC(c5ccc(C(C)=O)cc5)(C2)CC(c2ccc(C(C)=O)cc2)(C3)C4)cc1. The molecule has 0 radical (unpaired) electrons. The van der Waals surface area contributed by atoms with Gasteiger partial charge in [0.05, 0.1) is 0 Å². The van der Waals surface area contributed by atoms with Crippen LogP contribution in [0.3, 0.4) is 0 Å². The van der Waals surface area contributed by atoms with Crippen molar-refractivity contribution in [3.8, 4) is 0 Å². The average molecular weight is 609 g/mol. The molecule has 46 heavy (non-hydrogen) atoms. The Morgan fingerprint density at radius 1 is 0.326 bits per heavy atom. The Morgan fingerprint density at radius 3 is 0.609 bits per heavy atom. The molecule has 8 rings (SSSR count). The third-order valence-corrected chi connectivity index (χ3v) is 11.7. The van der Waals surface area contributed by atoms with E-state index in [0.717, 1.165) is 38.5 Å². The Bertz CT molecular complexity index is 1560. The number of ketones is 4. The molecule has 0 unspecified atom stereocenters. The van der Waals surface area contributed by atoms with E-state index in [1.54, 1.807) is 27.7 Å². The minimum Gasteiger partial charge on any atom is -0.295 e. The van der Waals surface area contributed by atoms with Gasteiger partial charge >= 0.3 is 0 Å². The Labute approximate surface area is 271 Å². The highest BCUT2D eigenvalue weighted by molar-refractivity contribution is 5.95. The molecule has 0 saturated heterocycles. The molecule has 0 amide bonds. The second-order valence-electron chi connectivity index (χ2n) is 14.7. The molecule has 4 heteroatoms. The standard InChI is InChI=1S/C42H40O4/c1-27(43)31-5-13-35(14-6-31)39-21-40(36-15-7-32(8-16-36)28(2)44)24-41(22-39,37-17-9-33(10-18-37)29(3)45)26-42(23-39,25-40)38-19-11-34(12-20-38)30(4)46/h5-20H,21-26H2,1-4H3. The number of hydrogen-bond acceptors (Lipinski definition) is 4. The van der Waals surface area contributed by atoms with E-state index >= 15 is 0 Å². The number of benzene rings is 4. The number of hydrogen-bond donors (Lipinski definition) is 0. The fraction of sp³-hybridized carbons (Fsp3) is 0.333. The summed E-state index contributed by atoms with van der Waals surface area (Å²) < 4.78 is 0. The van der Waals surface area contributed by atoms with E-state index in [1.165, 1.54) is 22.3 Å². The third-order valence-electron chi connectivity index (χ3n) is 11.7. The van der Waals surface area contributed by atoms with E-state index in [9.17, 15) is 19.2 Å². The van der Waals surface area contributed by atoms with Crippen molar-refractivity contribution in [3.63, 3.8) is 0 Å². The second kappa shape index (κ2) is 10.6. The zero-order chi connectivity index (χ0) is 32.5. The molecule has 0 aromatic heterocycles. The second-order valence-corrected chi connectivity index (χ2v) is 14.7. The van der Waals surface area contributed by atoms with Crippen LogP contribution < -0.4 is 0 Å². The Hall–Kier alpha value is -4.44. The van der Waals surface area contributed by atoms with Crippen molar-refractivity contribution in [2.45, 2.75) is 87.9 Å². The average Bonchev–Trinajstić information content (AvgIpc) is 3.04. The van der Waals surface area contributed by atoms with Gasteiger partial charge in [-0.25, -0.2) is 0 Å². The summed E-state index contributed by atoms with van der Waals surface area (Å²) in [5.74, 6) is 0.234. The lowest BCUT2D eigenvalue weighted by Crippen LogP contribution is -2.67. The topological polar surface area (TPSA) is 68.3 Å². The van der Waals surface area contributed by atoms with Gasteiger partial charge in [-0.05, 0) is 110 Å². The first-order valence-corrected chi connectivity index (χ1v) is 16.3. The Morgan fingerprint density at radius 2 is 0.478 bits per heavy atom. The van der Waals surface area contributed by atoms with Gasteiger partial charge in [0.25, 0.3) is 0 Å². The van der Waals surface area contributed by atoms with Crippen molar-refractivity contribution in [1.29, 1.82) is 0 Å². The minimum absolute atomic E-state index is 0.0585. The summed E-state index contributed by atoms with van der Waals surface area (Å²) in [6.45, 7) is 6.44. The maximum Gasteiger partial charge on any atom is 0.159 e. The van der Waals surface area contributed by atoms with Crippen LogP contribution in [0.5, 0.6) is 0 Å². The van der Waals surface area contributed by atoms with Gasteiger partial charge in [0, 0.05) is 22.3 Å². The fourth-order valence-electron chi connectivity index (χ4n) is 10.1. The largest absolute Gasteiger partial charge is 0.295 e. The molecular formula is C42H40O4. The van der Waals surface area contributed by atoms with Crippen LogP contribution in [0, 0.1) is 0 Å². The van der Waals surface area contributed by atoms with Crippen molar-refractivity contribution in [3.05, 3.63) is 142 Å². The summed E-state index contributed by atoms with van der Waals surface area (Å²) in [6, 6.07) is 33.2. The van der Waals surface area contributed by atoms with Crippen LogP contribution >= 0.6 is 0 Å². The molecule has 0 spiro atoms. The molecule has 0 aliphatic heterocycles. The summed E-state index contributed by atoms with van der Waals surface area (Å²) in [4.78, 5) is 49.1. The lowest BCUT2D eigenvalue weighted by molar-refractivity contribution is -0.0692. The van der Waals surface area contributed by atoms with Crippen molar-refractivity contribution >= 4 is 23.1 Å². The zero-order valence-corrected chi connectivity index (χ0v) is 27.1. The van der Waals surface area contributed by atoms with E-state index in [4.69, 9.17) is 0 Å². The van der Waals surface area contributed by atoms with E-state index < -0.39 is 0 Å². The highest BCUT2D eigenvalue weighted by atomic mass is 16.1. The molecule has 4 aliphatic carbocycles. The van der Waals surface area contributed by atoms with E-state index in [2.05, 4.69) is 48.5 Å². The highest BCUT2D eigenvalue weighted by Crippen LogP contribution is 2.74. The van der Waals surface area contributed by atoms with E-state index in [-0.39, 0.29) is 44.8 Å². The minimum atomic E-state index is -0.179. The number of carbonyl (C=O) groups is 4. The molecule has 0 heterocycles. The van der Waals surface area contributed by atoms with Gasteiger partial charge in [0.2, 0.25) is 0 Å². The van der Waals surface area contributed by atoms with Crippen molar-refractivity contribution in [2.24, 2.45) is 0 Å². The van der Waals surface area contributed by atoms with Crippen LogP contribution in [0.25, 0.3) is 0 Å². The zero-order valence-electron chi connectivity index (χ0n) is 27.1. The van der Waals surface area contributed by atoms with Crippen LogP contribution in [0.1, 0.15) is 130 Å². The first kappa shape index (κ1) is 30.2. The summed E-state index contributed by atoms with van der Waals surface area (Å²) in [5.41, 5.74) is 7.18. The molecule has 4 aromatic carbocycles. The van der Waals surface area contributed by atoms with Gasteiger partial charge in [0.1, 0.15) is 0 Å². The smallest absolute Gasteiger partial charge is 0.159 e. The van der Waals surface area contributed by atoms with Crippen LogP contribution in [0.15, 0.2) is 97.1 Å².